The van der Waals surface area contributed by atoms with Crippen molar-refractivity contribution in [3.63, 3.8) is 0 Å². The molecule has 0 aliphatic carbocycles. The van der Waals surface area contributed by atoms with E-state index in [1.807, 2.05) is 22.4 Å². The zero-order valence-corrected chi connectivity index (χ0v) is 18.5. The number of aromatic nitrogens is 3. The Kier molecular flexibility index (Phi) is 9.90. The van der Waals surface area contributed by atoms with Gasteiger partial charge in [-0.05, 0) is 24.3 Å². The van der Waals surface area contributed by atoms with Crippen LogP contribution in [0.25, 0.3) is 10.7 Å². The predicted octanol–water partition coefficient (Wildman–Crippen LogP) is 1.43. The van der Waals surface area contributed by atoms with E-state index < -0.39 is 0 Å². The Labute approximate surface area is 186 Å². The topological polar surface area (TPSA) is 128 Å². The van der Waals surface area contributed by atoms with Crippen molar-refractivity contribution >= 4 is 29.1 Å². The third kappa shape index (κ3) is 8.02. The first-order valence-corrected chi connectivity index (χ1v) is 11.6. The molecule has 0 unspecified atom stereocenters. The van der Waals surface area contributed by atoms with E-state index in [4.69, 9.17) is 15.2 Å². The number of hydrogen-bond acceptors (Lipinski definition) is 10. The summed E-state index contributed by atoms with van der Waals surface area (Å²) in [7, 11) is 0. The zero-order chi connectivity index (χ0) is 21.7. The lowest BCUT2D eigenvalue weighted by Gasteiger charge is -2.15. The smallest absolute Gasteiger partial charge is 0.228 e. The van der Waals surface area contributed by atoms with Crippen molar-refractivity contribution in [3.8, 4) is 10.7 Å². The molecule has 3 rings (SSSR count). The number of anilines is 2. The SMILES string of the molecule is NCCOCCOCCNc1nc(NCCCN2CCCC2=O)nc(-c2cccs2)n1. The molecule has 10 nitrogen and oxygen atoms in total. The molecule has 1 saturated heterocycles. The summed E-state index contributed by atoms with van der Waals surface area (Å²) in [5, 5.41) is 8.45. The van der Waals surface area contributed by atoms with Crippen LogP contribution >= 0.6 is 11.3 Å². The predicted molar refractivity (Wildman–Crippen MR) is 121 cm³/mol. The van der Waals surface area contributed by atoms with Crippen LogP contribution in [-0.4, -0.2) is 84.9 Å². The monoisotopic (exact) mass is 449 g/mol. The molecule has 2 aromatic heterocycles. The van der Waals surface area contributed by atoms with Crippen molar-refractivity contribution in [2.45, 2.75) is 19.3 Å². The van der Waals surface area contributed by atoms with E-state index in [-0.39, 0.29) is 5.91 Å². The first kappa shape index (κ1) is 23.3. The van der Waals surface area contributed by atoms with Gasteiger partial charge in [0, 0.05) is 39.1 Å². The standard InChI is InChI=1S/C20H31N7O3S/c21-6-11-29-13-14-30-12-8-23-20-25-18(16-4-2-15-31-16)24-19(26-20)22-7-3-10-27-9-1-5-17(27)28/h2,4,15H,1,3,5-14,21H2,(H2,22,23,24,25,26). The van der Waals surface area contributed by atoms with E-state index in [1.54, 1.807) is 11.3 Å². The van der Waals surface area contributed by atoms with Crippen molar-refractivity contribution in [2.24, 2.45) is 5.73 Å². The van der Waals surface area contributed by atoms with Crippen LogP contribution < -0.4 is 16.4 Å². The van der Waals surface area contributed by atoms with Gasteiger partial charge >= 0.3 is 0 Å². The normalized spacial score (nSPS) is 13.7. The number of rotatable bonds is 15. The summed E-state index contributed by atoms with van der Waals surface area (Å²) in [6, 6.07) is 3.95. The maximum atomic E-state index is 11.7. The summed E-state index contributed by atoms with van der Waals surface area (Å²) in [6.07, 6.45) is 2.47. The Morgan fingerprint density at radius 2 is 1.84 bits per heavy atom. The Hall–Kier alpha value is -2.34. The highest BCUT2D eigenvalue weighted by molar-refractivity contribution is 7.13. The van der Waals surface area contributed by atoms with Gasteiger partial charge in [0.1, 0.15) is 0 Å². The van der Waals surface area contributed by atoms with Gasteiger partial charge in [-0.25, -0.2) is 0 Å². The molecule has 2 aromatic rings. The first-order chi connectivity index (χ1) is 15.3. The average molecular weight is 450 g/mol. The number of carbonyl (C=O) groups is 1. The van der Waals surface area contributed by atoms with Crippen molar-refractivity contribution in [1.29, 1.82) is 0 Å². The minimum atomic E-state index is 0.250. The molecular weight excluding hydrogens is 418 g/mol. The molecule has 0 atom stereocenters. The molecule has 1 amide bonds. The summed E-state index contributed by atoms with van der Waals surface area (Å²) in [4.78, 5) is 28.2. The average Bonchev–Trinajstić information content (AvgIpc) is 3.45. The maximum absolute atomic E-state index is 11.7. The molecule has 11 heteroatoms. The molecule has 1 fully saturated rings. The summed E-state index contributed by atoms with van der Waals surface area (Å²) in [5.74, 6) is 1.89. The van der Waals surface area contributed by atoms with Crippen LogP contribution in [0.2, 0.25) is 0 Å². The molecule has 0 aromatic carbocycles. The second-order valence-electron chi connectivity index (χ2n) is 6.99. The highest BCUT2D eigenvalue weighted by Crippen LogP contribution is 2.22. The highest BCUT2D eigenvalue weighted by Gasteiger charge is 2.19. The molecule has 3 heterocycles. The lowest BCUT2D eigenvalue weighted by atomic mass is 10.4. The van der Waals surface area contributed by atoms with Gasteiger partial charge in [0.05, 0.1) is 31.3 Å². The van der Waals surface area contributed by atoms with E-state index in [9.17, 15) is 4.79 Å². The third-order valence-electron chi connectivity index (χ3n) is 4.60. The maximum Gasteiger partial charge on any atom is 0.228 e. The summed E-state index contributed by atoms with van der Waals surface area (Å²) < 4.78 is 10.8. The van der Waals surface area contributed by atoms with E-state index in [2.05, 4.69) is 25.6 Å². The van der Waals surface area contributed by atoms with E-state index >= 15 is 0 Å². The van der Waals surface area contributed by atoms with Gasteiger partial charge in [-0.3, -0.25) is 4.79 Å². The summed E-state index contributed by atoms with van der Waals surface area (Å²) in [5.41, 5.74) is 5.37. The van der Waals surface area contributed by atoms with Crippen molar-refractivity contribution in [2.75, 3.05) is 69.8 Å². The number of amides is 1. The fraction of sp³-hybridized carbons (Fsp3) is 0.600. The van der Waals surface area contributed by atoms with E-state index in [0.29, 0.717) is 70.2 Å². The molecule has 170 valence electrons. The molecule has 0 radical (unpaired) electrons. The van der Waals surface area contributed by atoms with Crippen LogP contribution in [0.15, 0.2) is 17.5 Å². The van der Waals surface area contributed by atoms with E-state index in [0.717, 1.165) is 30.8 Å². The molecule has 0 spiro atoms. The quantitative estimate of drug-likeness (QED) is 0.346. The van der Waals surface area contributed by atoms with Crippen LogP contribution in [0, 0.1) is 0 Å². The third-order valence-corrected chi connectivity index (χ3v) is 5.47. The minimum absolute atomic E-state index is 0.250. The van der Waals surface area contributed by atoms with Crippen LogP contribution in [0.5, 0.6) is 0 Å². The summed E-state index contributed by atoms with van der Waals surface area (Å²) >= 11 is 1.58. The largest absolute Gasteiger partial charge is 0.378 e. The molecule has 1 aliphatic heterocycles. The molecule has 0 bridgehead atoms. The number of likely N-dealkylation sites (tertiary alicyclic amines) is 1. The van der Waals surface area contributed by atoms with Gasteiger partial charge in [-0.2, -0.15) is 15.0 Å². The van der Waals surface area contributed by atoms with Gasteiger partial charge in [-0.15, -0.1) is 11.3 Å². The van der Waals surface area contributed by atoms with Crippen molar-refractivity contribution in [1.82, 2.24) is 19.9 Å². The van der Waals surface area contributed by atoms with Crippen molar-refractivity contribution in [3.05, 3.63) is 17.5 Å². The van der Waals surface area contributed by atoms with Crippen LogP contribution in [-0.2, 0) is 14.3 Å². The lowest BCUT2D eigenvalue weighted by Crippen LogP contribution is -2.27. The van der Waals surface area contributed by atoms with Crippen molar-refractivity contribution < 1.29 is 14.3 Å². The Morgan fingerprint density at radius 1 is 1.06 bits per heavy atom. The van der Waals surface area contributed by atoms with Gasteiger partial charge in [0.15, 0.2) is 5.82 Å². The van der Waals surface area contributed by atoms with Crippen LogP contribution in [0.4, 0.5) is 11.9 Å². The summed E-state index contributed by atoms with van der Waals surface area (Å²) in [6.45, 7) is 5.49. The number of ether oxygens (including phenoxy) is 2. The number of carbonyl (C=O) groups excluding carboxylic acids is 1. The van der Waals surface area contributed by atoms with E-state index in [1.165, 1.54) is 0 Å². The molecule has 0 saturated carbocycles. The fourth-order valence-corrected chi connectivity index (χ4v) is 3.76. The van der Waals surface area contributed by atoms with Gasteiger partial charge in [0.25, 0.3) is 0 Å². The Balaban J connectivity index is 1.47. The van der Waals surface area contributed by atoms with Gasteiger partial charge < -0.3 is 30.7 Å². The zero-order valence-electron chi connectivity index (χ0n) is 17.7. The van der Waals surface area contributed by atoms with Crippen LogP contribution in [0.1, 0.15) is 19.3 Å². The minimum Gasteiger partial charge on any atom is -0.378 e. The van der Waals surface area contributed by atoms with Crippen LogP contribution in [0.3, 0.4) is 0 Å². The van der Waals surface area contributed by atoms with Gasteiger partial charge in [0.2, 0.25) is 17.8 Å². The highest BCUT2D eigenvalue weighted by atomic mass is 32.1. The molecular formula is C20H31N7O3S. The lowest BCUT2D eigenvalue weighted by molar-refractivity contribution is -0.127. The second kappa shape index (κ2) is 13.2. The molecule has 31 heavy (non-hydrogen) atoms. The number of nitrogens with zero attached hydrogens (tertiary/aromatic N) is 4. The number of hydrogen-bond donors (Lipinski definition) is 3. The Morgan fingerprint density at radius 3 is 2.52 bits per heavy atom. The second-order valence-corrected chi connectivity index (χ2v) is 7.94. The number of thiophene rings is 1. The number of nitrogens with two attached hydrogens (primary N) is 1. The van der Waals surface area contributed by atoms with Gasteiger partial charge in [-0.1, -0.05) is 6.07 Å². The molecule has 1 aliphatic rings. The first-order valence-electron chi connectivity index (χ1n) is 10.7. The molecule has 4 N–H and O–H groups in total. The number of nitrogens with one attached hydrogen (secondary N) is 2. The Bertz CT molecular complexity index is 791. The fourth-order valence-electron chi connectivity index (χ4n) is 3.10.